The Morgan fingerprint density at radius 3 is 2.25 bits per heavy atom. The third-order valence-electron chi connectivity index (χ3n) is 3.23. The fourth-order valence-corrected chi connectivity index (χ4v) is 2.19. The van der Waals surface area contributed by atoms with Crippen LogP contribution in [0.4, 0.5) is 0 Å². The van der Waals surface area contributed by atoms with Crippen molar-refractivity contribution in [2.75, 3.05) is 0 Å². The summed E-state index contributed by atoms with van der Waals surface area (Å²) in [4.78, 5) is 0. The lowest BCUT2D eigenvalue weighted by molar-refractivity contribution is 0.527. The lowest BCUT2D eigenvalue weighted by Gasteiger charge is -2.08. The highest BCUT2D eigenvalue weighted by atomic mass is 14.1. The van der Waals surface area contributed by atoms with Crippen LogP contribution in [0.3, 0.4) is 0 Å². The van der Waals surface area contributed by atoms with Gasteiger partial charge in [-0.15, -0.1) is 0 Å². The number of unbranched alkanes of at least 4 members (excludes halogenated alkanes) is 2. The van der Waals surface area contributed by atoms with Gasteiger partial charge in [-0.05, 0) is 36.3 Å². The molecule has 0 saturated carbocycles. The predicted octanol–water partition coefficient (Wildman–Crippen LogP) is 5.01. The van der Waals surface area contributed by atoms with Crippen LogP contribution in [0.2, 0.25) is 0 Å². The largest absolute Gasteiger partial charge is 0.0628 e. The molecule has 16 heavy (non-hydrogen) atoms. The van der Waals surface area contributed by atoms with E-state index in [2.05, 4.69) is 45.0 Å². The fraction of sp³-hybridized carbons (Fsp3) is 0.625. The Morgan fingerprint density at radius 1 is 0.938 bits per heavy atom. The highest BCUT2D eigenvalue weighted by Gasteiger charge is 2.00. The lowest BCUT2D eigenvalue weighted by Crippen LogP contribution is -1.93. The predicted molar refractivity (Wildman–Crippen MR) is 72.8 cm³/mol. The van der Waals surface area contributed by atoms with E-state index >= 15 is 0 Å². The highest BCUT2D eigenvalue weighted by Crippen LogP contribution is 2.15. The molecular formula is C16H26. The molecule has 0 heteroatoms. The maximum atomic E-state index is 2.31. The summed E-state index contributed by atoms with van der Waals surface area (Å²) < 4.78 is 0. The topological polar surface area (TPSA) is 0 Å². The standard InChI is InChI=1S/C16H26/c1-4-15-11-8-9-13-16(15)12-7-5-6-10-14(2)3/h8-9,11,13-14H,4-7,10,12H2,1-3H3. The van der Waals surface area contributed by atoms with Crippen molar-refractivity contribution in [3.05, 3.63) is 35.4 Å². The molecule has 1 aromatic carbocycles. The highest BCUT2D eigenvalue weighted by molar-refractivity contribution is 5.26. The van der Waals surface area contributed by atoms with Crippen LogP contribution in [0, 0.1) is 5.92 Å². The van der Waals surface area contributed by atoms with Crippen molar-refractivity contribution >= 4 is 0 Å². The molecule has 0 bridgehead atoms. The molecule has 1 aromatic rings. The summed E-state index contributed by atoms with van der Waals surface area (Å²) in [5.41, 5.74) is 3.10. The maximum Gasteiger partial charge on any atom is -0.0276 e. The summed E-state index contributed by atoms with van der Waals surface area (Å²) in [7, 11) is 0. The van der Waals surface area contributed by atoms with Crippen LogP contribution in [0.1, 0.15) is 57.6 Å². The van der Waals surface area contributed by atoms with Gasteiger partial charge < -0.3 is 0 Å². The molecule has 0 nitrogen and oxygen atoms in total. The molecule has 0 aromatic heterocycles. The van der Waals surface area contributed by atoms with Gasteiger partial charge >= 0.3 is 0 Å². The minimum absolute atomic E-state index is 0.864. The van der Waals surface area contributed by atoms with E-state index < -0.39 is 0 Å². The Labute approximate surface area is 101 Å². The van der Waals surface area contributed by atoms with Crippen LogP contribution in [-0.2, 0) is 12.8 Å². The molecule has 0 spiro atoms. The first kappa shape index (κ1) is 13.3. The van der Waals surface area contributed by atoms with E-state index in [1.165, 1.54) is 44.1 Å². The minimum Gasteiger partial charge on any atom is -0.0628 e. The van der Waals surface area contributed by atoms with Crippen LogP contribution in [0.25, 0.3) is 0 Å². The molecular weight excluding hydrogens is 192 g/mol. The van der Waals surface area contributed by atoms with Gasteiger partial charge in [0.25, 0.3) is 0 Å². The van der Waals surface area contributed by atoms with E-state index in [-0.39, 0.29) is 0 Å². The summed E-state index contributed by atoms with van der Waals surface area (Å²) in [5.74, 6) is 0.864. The molecule has 0 radical (unpaired) electrons. The summed E-state index contributed by atoms with van der Waals surface area (Å²) in [6, 6.07) is 8.88. The van der Waals surface area contributed by atoms with Crippen molar-refractivity contribution < 1.29 is 0 Å². The maximum absolute atomic E-state index is 2.31. The summed E-state index contributed by atoms with van der Waals surface area (Å²) >= 11 is 0. The number of rotatable bonds is 7. The molecule has 0 atom stereocenters. The van der Waals surface area contributed by atoms with Gasteiger partial charge in [0.1, 0.15) is 0 Å². The summed E-state index contributed by atoms with van der Waals surface area (Å²) in [5, 5.41) is 0. The van der Waals surface area contributed by atoms with Gasteiger partial charge in [0.05, 0.1) is 0 Å². The zero-order chi connectivity index (χ0) is 11.8. The summed E-state index contributed by atoms with van der Waals surface area (Å²) in [6.45, 7) is 6.87. The zero-order valence-electron chi connectivity index (χ0n) is 11.1. The number of hydrogen-bond acceptors (Lipinski definition) is 0. The van der Waals surface area contributed by atoms with Gasteiger partial charge in [-0.1, -0.05) is 64.3 Å². The Balaban J connectivity index is 2.26. The molecule has 0 aliphatic rings. The van der Waals surface area contributed by atoms with Crippen LogP contribution >= 0.6 is 0 Å². The van der Waals surface area contributed by atoms with E-state index in [4.69, 9.17) is 0 Å². The first-order chi connectivity index (χ1) is 7.74. The molecule has 90 valence electrons. The van der Waals surface area contributed by atoms with Gasteiger partial charge in [0, 0.05) is 0 Å². The second kappa shape index (κ2) is 7.49. The second-order valence-electron chi connectivity index (χ2n) is 5.12. The molecule has 0 saturated heterocycles. The van der Waals surface area contributed by atoms with Crippen LogP contribution < -0.4 is 0 Å². The molecule has 0 aliphatic carbocycles. The van der Waals surface area contributed by atoms with Crippen LogP contribution in [0.15, 0.2) is 24.3 Å². The van der Waals surface area contributed by atoms with Crippen molar-refractivity contribution in [1.29, 1.82) is 0 Å². The molecule has 0 N–H and O–H groups in total. The van der Waals surface area contributed by atoms with E-state index in [0.29, 0.717) is 0 Å². The Hall–Kier alpha value is -0.780. The average Bonchev–Trinajstić information content (AvgIpc) is 2.29. The first-order valence-corrected chi connectivity index (χ1v) is 6.80. The van der Waals surface area contributed by atoms with E-state index in [0.717, 1.165) is 5.92 Å². The second-order valence-corrected chi connectivity index (χ2v) is 5.12. The molecule has 0 amide bonds. The van der Waals surface area contributed by atoms with Gasteiger partial charge in [-0.3, -0.25) is 0 Å². The van der Waals surface area contributed by atoms with E-state index in [1.54, 1.807) is 5.56 Å². The van der Waals surface area contributed by atoms with Gasteiger partial charge in [-0.25, -0.2) is 0 Å². The lowest BCUT2D eigenvalue weighted by atomic mass is 9.98. The monoisotopic (exact) mass is 218 g/mol. The Kier molecular flexibility index (Phi) is 6.22. The SMILES string of the molecule is CCc1ccccc1CCCCCC(C)C. The van der Waals surface area contributed by atoms with Crippen molar-refractivity contribution in [2.45, 2.75) is 59.3 Å². The number of benzene rings is 1. The van der Waals surface area contributed by atoms with Crippen LogP contribution in [-0.4, -0.2) is 0 Å². The van der Waals surface area contributed by atoms with Crippen LogP contribution in [0.5, 0.6) is 0 Å². The first-order valence-electron chi connectivity index (χ1n) is 6.80. The molecule has 0 unspecified atom stereocenters. The van der Waals surface area contributed by atoms with Crippen molar-refractivity contribution in [3.8, 4) is 0 Å². The number of aryl methyl sites for hydroxylation is 2. The van der Waals surface area contributed by atoms with Gasteiger partial charge in [-0.2, -0.15) is 0 Å². The molecule has 1 rings (SSSR count). The van der Waals surface area contributed by atoms with Gasteiger partial charge in [0.15, 0.2) is 0 Å². The van der Waals surface area contributed by atoms with Gasteiger partial charge in [0.2, 0.25) is 0 Å². The third kappa shape index (κ3) is 4.83. The quantitative estimate of drug-likeness (QED) is 0.564. The molecule has 0 aliphatic heterocycles. The van der Waals surface area contributed by atoms with Crippen molar-refractivity contribution in [2.24, 2.45) is 5.92 Å². The number of hydrogen-bond donors (Lipinski definition) is 0. The fourth-order valence-electron chi connectivity index (χ4n) is 2.19. The van der Waals surface area contributed by atoms with E-state index in [9.17, 15) is 0 Å². The summed E-state index contributed by atoms with van der Waals surface area (Å²) in [6.07, 6.45) is 7.95. The van der Waals surface area contributed by atoms with Crippen molar-refractivity contribution in [3.63, 3.8) is 0 Å². The van der Waals surface area contributed by atoms with E-state index in [1.807, 2.05) is 0 Å². The smallest absolute Gasteiger partial charge is 0.0276 e. The third-order valence-corrected chi connectivity index (χ3v) is 3.23. The molecule has 0 heterocycles. The normalized spacial score (nSPS) is 11.0. The minimum atomic E-state index is 0.864. The average molecular weight is 218 g/mol. The Morgan fingerprint density at radius 2 is 1.62 bits per heavy atom. The van der Waals surface area contributed by atoms with Crippen molar-refractivity contribution in [1.82, 2.24) is 0 Å². The zero-order valence-corrected chi connectivity index (χ0v) is 11.1. The Bertz CT molecular complexity index is 286. The molecule has 0 fully saturated rings.